The normalized spacial score (nSPS) is 20.6. The van der Waals surface area contributed by atoms with Gasteiger partial charge in [0.1, 0.15) is 5.82 Å². The maximum absolute atomic E-state index is 13.5. The van der Waals surface area contributed by atoms with Crippen LogP contribution < -0.4 is 5.73 Å². The van der Waals surface area contributed by atoms with Gasteiger partial charge in [0.25, 0.3) is 5.91 Å². The highest BCUT2D eigenvalue weighted by atomic mass is 19.1. The zero-order chi connectivity index (χ0) is 19.7. The van der Waals surface area contributed by atoms with Crippen LogP contribution in [0.15, 0.2) is 24.3 Å². The van der Waals surface area contributed by atoms with Crippen LogP contribution in [-0.2, 0) is 4.79 Å². The van der Waals surface area contributed by atoms with Gasteiger partial charge in [-0.05, 0) is 55.9 Å². The predicted octanol–water partition coefficient (Wildman–Crippen LogP) is 3.76. The number of fused-ring (bicyclic) bond motifs is 1. The minimum Gasteiger partial charge on any atom is -0.366 e. The zero-order valence-electron chi connectivity index (χ0n) is 16.0. The van der Waals surface area contributed by atoms with Gasteiger partial charge in [0.15, 0.2) is 0 Å². The minimum atomic E-state index is -0.567. The maximum atomic E-state index is 13.5. The van der Waals surface area contributed by atoms with Gasteiger partial charge >= 0.3 is 0 Å². The van der Waals surface area contributed by atoms with Crippen molar-refractivity contribution in [1.82, 2.24) is 9.88 Å². The number of carbonyl (C=O) groups is 2. The van der Waals surface area contributed by atoms with Crippen LogP contribution in [0.4, 0.5) is 4.39 Å². The molecule has 5 nitrogen and oxygen atoms in total. The molecular weight excluding hydrogens is 357 g/mol. The van der Waals surface area contributed by atoms with E-state index in [1.54, 1.807) is 12.1 Å². The second-order valence-corrected chi connectivity index (χ2v) is 8.16. The summed E-state index contributed by atoms with van der Waals surface area (Å²) in [5, 5.41) is 0.558. The van der Waals surface area contributed by atoms with Crippen molar-refractivity contribution in [2.24, 2.45) is 11.7 Å². The number of carbonyl (C=O) groups excluding carboxylic acids is 2. The molecule has 1 atom stereocenters. The molecule has 0 radical (unpaired) electrons. The molecule has 148 valence electrons. The Balaban J connectivity index is 1.59. The van der Waals surface area contributed by atoms with Crippen LogP contribution in [-0.4, -0.2) is 34.8 Å². The van der Waals surface area contributed by atoms with Gasteiger partial charge < -0.3 is 10.6 Å². The molecule has 1 aliphatic carbocycles. The summed E-state index contributed by atoms with van der Waals surface area (Å²) in [4.78, 5) is 31.4. The largest absolute Gasteiger partial charge is 0.366 e. The van der Waals surface area contributed by atoms with E-state index in [4.69, 9.17) is 5.73 Å². The average molecular weight is 383 g/mol. The maximum Gasteiger partial charge on any atom is 0.250 e. The van der Waals surface area contributed by atoms with Crippen LogP contribution in [0.25, 0.3) is 10.9 Å². The van der Waals surface area contributed by atoms with E-state index in [2.05, 4.69) is 4.98 Å². The molecule has 1 saturated heterocycles. The molecule has 0 unspecified atom stereocenters. The molecule has 2 aromatic rings. The fraction of sp³-hybridized carbons (Fsp3) is 0.500. The quantitative estimate of drug-likeness (QED) is 0.873. The summed E-state index contributed by atoms with van der Waals surface area (Å²) in [6.45, 7) is 1.32. The molecule has 2 fully saturated rings. The SMILES string of the molecule is NC(=O)c1cc2cc(F)ccc2nc1[C@H]1CCCN(C(=O)CC2CCCC2)C1. The van der Waals surface area contributed by atoms with Crippen molar-refractivity contribution in [3.8, 4) is 0 Å². The number of nitrogens with zero attached hydrogens (tertiary/aromatic N) is 2. The number of likely N-dealkylation sites (tertiary alicyclic amines) is 1. The van der Waals surface area contributed by atoms with Crippen molar-refractivity contribution < 1.29 is 14.0 Å². The van der Waals surface area contributed by atoms with Crippen LogP contribution >= 0.6 is 0 Å². The van der Waals surface area contributed by atoms with E-state index in [-0.39, 0.29) is 17.6 Å². The van der Waals surface area contributed by atoms with Gasteiger partial charge in [-0.2, -0.15) is 0 Å². The van der Waals surface area contributed by atoms with Gasteiger partial charge in [-0.1, -0.05) is 12.8 Å². The van der Waals surface area contributed by atoms with Crippen molar-refractivity contribution >= 4 is 22.7 Å². The summed E-state index contributed by atoms with van der Waals surface area (Å²) in [7, 11) is 0. The number of halogens is 1. The van der Waals surface area contributed by atoms with E-state index in [9.17, 15) is 14.0 Å². The fourth-order valence-corrected chi connectivity index (χ4v) is 4.69. The Morgan fingerprint density at radius 3 is 2.68 bits per heavy atom. The Bertz CT molecular complexity index is 908. The number of rotatable bonds is 4. The predicted molar refractivity (Wildman–Crippen MR) is 105 cm³/mol. The molecule has 2 N–H and O–H groups in total. The Labute approximate surface area is 164 Å². The number of primary amides is 1. The molecule has 28 heavy (non-hydrogen) atoms. The highest BCUT2D eigenvalue weighted by Gasteiger charge is 2.30. The minimum absolute atomic E-state index is 0.0294. The van der Waals surface area contributed by atoms with Crippen LogP contribution in [0.2, 0.25) is 0 Å². The zero-order valence-corrected chi connectivity index (χ0v) is 16.0. The Hall–Kier alpha value is -2.50. The number of aromatic nitrogens is 1. The van der Waals surface area contributed by atoms with Crippen LogP contribution in [0, 0.1) is 11.7 Å². The number of piperidine rings is 1. The van der Waals surface area contributed by atoms with Crippen molar-refractivity contribution in [2.75, 3.05) is 13.1 Å². The molecular formula is C22H26FN3O2. The smallest absolute Gasteiger partial charge is 0.250 e. The summed E-state index contributed by atoms with van der Waals surface area (Å²) < 4.78 is 13.5. The van der Waals surface area contributed by atoms with E-state index in [0.717, 1.165) is 32.2 Å². The first-order valence-corrected chi connectivity index (χ1v) is 10.2. The van der Waals surface area contributed by atoms with Gasteiger partial charge in [0.2, 0.25) is 5.91 Å². The van der Waals surface area contributed by atoms with Crippen molar-refractivity contribution in [3.05, 3.63) is 41.3 Å². The first-order valence-electron chi connectivity index (χ1n) is 10.2. The van der Waals surface area contributed by atoms with Crippen LogP contribution in [0.1, 0.15) is 66.9 Å². The van der Waals surface area contributed by atoms with Gasteiger partial charge in [-0.3, -0.25) is 14.6 Å². The molecule has 2 amide bonds. The summed E-state index contributed by atoms with van der Waals surface area (Å²) in [6.07, 6.45) is 7.11. The van der Waals surface area contributed by atoms with Crippen molar-refractivity contribution in [2.45, 2.75) is 50.9 Å². The molecule has 6 heteroatoms. The van der Waals surface area contributed by atoms with E-state index >= 15 is 0 Å². The molecule has 0 spiro atoms. The fourth-order valence-electron chi connectivity index (χ4n) is 4.69. The van der Waals surface area contributed by atoms with Gasteiger partial charge in [0, 0.05) is 30.8 Å². The Morgan fingerprint density at radius 1 is 1.14 bits per heavy atom. The number of amides is 2. The van der Waals surface area contributed by atoms with E-state index in [0.29, 0.717) is 41.0 Å². The standard InChI is InChI=1S/C22H26FN3O2/c23-17-7-8-19-16(11-17)12-18(22(24)28)21(25-19)15-6-3-9-26(13-15)20(27)10-14-4-1-2-5-14/h7-8,11-12,14-15H,1-6,9-10,13H2,(H2,24,28)/t15-/m0/s1. The summed E-state index contributed by atoms with van der Waals surface area (Å²) in [6, 6.07) is 5.96. The van der Waals surface area contributed by atoms with Gasteiger partial charge in [0.05, 0.1) is 16.8 Å². The molecule has 2 aliphatic rings. The topological polar surface area (TPSA) is 76.3 Å². The van der Waals surface area contributed by atoms with Crippen molar-refractivity contribution in [1.29, 1.82) is 0 Å². The van der Waals surface area contributed by atoms with Crippen LogP contribution in [0.3, 0.4) is 0 Å². The van der Waals surface area contributed by atoms with Gasteiger partial charge in [-0.25, -0.2) is 4.39 Å². The lowest BCUT2D eigenvalue weighted by Crippen LogP contribution is -2.40. The number of hydrogen-bond donors (Lipinski definition) is 1. The van der Waals surface area contributed by atoms with Crippen LogP contribution in [0.5, 0.6) is 0 Å². The highest BCUT2D eigenvalue weighted by Crippen LogP contribution is 2.32. The molecule has 1 aromatic heterocycles. The number of pyridine rings is 1. The lowest BCUT2D eigenvalue weighted by atomic mass is 9.90. The molecule has 1 aliphatic heterocycles. The number of hydrogen-bond acceptors (Lipinski definition) is 3. The van der Waals surface area contributed by atoms with Crippen molar-refractivity contribution in [3.63, 3.8) is 0 Å². The number of nitrogens with two attached hydrogens (primary N) is 1. The molecule has 4 rings (SSSR count). The van der Waals surface area contributed by atoms with Gasteiger partial charge in [-0.15, -0.1) is 0 Å². The summed E-state index contributed by atoms with van der Waals surface area (Å²) in [5.74, 6) is -0.247. The average Bonchev–Trinajstić information content (AvgIpc) is 3.20. The third-order valence-corrected chi connectivity index (χ3v) is 6.17. The van der Waals surface area contributed by atoms with E-state index < -0.39 is 5.91 Å². The Morgan fingerprint density at radius 2 is 1.93 bits per heavy atom. The lowest BCUT2D eigenvalue weighted by Gasteiger charge is -2.34. The van der Waals surface area contributed by atoms with E-state index in [1.165, 1.54) is 25.0 Å². The second kappa shape index (κ2) is 7.86. The number of benzene rings is 1. The summed E-state index contributed by atoms with van der Waals surface area (Å²) >= 11 is 0. The third kappa shape index (κ3) is 3.86. The molecule has 1 aromatic carbocycles. The first-order chi connectivity index (χ1) is 13.5. The first kappa shape index (κ1) is 18.8. The van der Waals surface area contributed by atoms with E-state index in [1.807, 2.05) is 4.90 Å². The summed E-state index contributed by atoms with van der Waals surface area (Å²) in [5.41, 5.74) is 7.19. The Kier molecular flexibility index (Phi) is 5.29. The third-order valence-electron chi connectivity index (χ3n) is 6.17. The molecule has 2 heterocycles. The highest BCUT2D eigenvalue weighted by molar-refractivity contribution is 5.97. The monoisotopic (exact) mass is 383 g/mol. The second-order valence-electron chi connectivity index (χ2n) is 8.16. The molecule has 1 saturated carbocycles. The molecule has 0 bridgehead atoms. The lowest BCUT2D eigenvalue weighted by molar-refractivity contribution is -0.133.